The molecular formula is C13H12F3N3O2. The number of hydrogen-bond acceptors (Lipinski definition) is 4. The van der Waals surface area contributed by atoms with Crippen LogP contribution in [0.5, 0.6) is 0 Å². The molecule has 1 fully saturated rings. The number of aliphatic carboxylic acids is 1. The predicted octanol–water partition coefficient (Wildman–Crippen LogP) is 2.64. The summed E-state index contributed by atoms with van der Waals surface area (Å²) in [7, 11) is 0. The molecule has 1 saturated carbocycles. The largest absolute Gasteiger partial charge is 0.481 e. The highest BCUT2D eigenvalue weighted by Gasteiger charge is 2.44. The summed E-state index contributed by atoms with van der Waals surface area (Å²) in [6.07, 6.45) is -2.95. The van der Waals surface area contributed by atoms with Gasteiger partial charge in [-0.25, -0.2) is 4.98 Å². The van der Waals surface area contributed by atoms with Crippen molar-refractivity contribution in [3.8, 4) is 6.07 Å². The monoisotopic (exact) mass is 299 g/mol. The average molecular weight is 299 g/mol. The normalized spacial score (nSPS) is 16.7. The third-order valence-corrected chi connectivity index (χ3v) is 3.66. The molecule has 0 amide bonds. The van der Waals surface area contributed by atoms with Gasteiger partial charge in [-0.2, -0.15) is 18.4 Å². The number of nitrogens with zero attached hydrogens (tertiary/aromatic N) is 2. The summed E-state index contributed by atoms with van der Waals surface area (Å²) in [5.74, 6) is -1.23. The minimum absolute atomic E-state index is 0.0503. The Balaban J connectivity index is 2.23. The van der Waals surface area contributed by atoms with E-state index in [-0.39, 0.29) is 17.9 Å². The van der Waals surface area contributed by atoms with Crippen molar-refractivity contribution in [3.05, 3.63) is 23.4 Å². The van der Waals surface area contributed by atoms with E-state index in [1.54, 1.807) is 6.07 Å². The third-order valence-electron chi connectivity index (χ3n) is 3.66. The lowest BCUT2D eigenvalue weighted by atomic mass is 9.69. The molecule has 21 heavy (non-hydrogen) atoms. The quantitative estimate of drug-likeness (QED) is 0.892. The first kappa shape index (κ1) is 15.1. The third kappa shape index (κ3) is 2.91. The van der Waals surface area contributed by atoms with Gasteiger partial charge in [0.2, 0.25) is 0 Å². The lowest BCUT2D eigenvalue weighted by Crippen LogP contribution is -2.43. The van der Waals surface area contributed by atoms with Crippen molar-refractivity contribution in [2.45, 2.75) is 25.4 Å². The summed E-state index contributed by atoms with van der Waals surface area (Å²) < 4.78 is 37.8. The van der Waals surface area contributed by atoms with E-state index in [0.29, 0.717) is 12.8 Å². The fraction of sp³-hybridized carbons (Fsp3) is 0.462. The Kier molecular flexibility index (Phi) is 3.77. The summed E-state index contributed by atoms with van der Waals surface area (Å²) in [4.78, 5) is 14.6. The first-order valence-corrected chi connectivity index (χ1v) is 6.24. The smallest absolute Gasteiger partial charge is 0.433 e. The summed E-state index contributed by atoms with van der Waals surface area (Å²) in [5.41, 5.74) is -2.16. The molecule has 0 atom stereocenters. The molecule has 1 aliphatic rings. The highest BCUT2D eigenvalue weighted by atomic mass is 19.4. The molecule has 8 heteroatoms. The maximum Gasteiger partial charge on any atom is 0.433 e. The summed E-state index contributed by atoms with van der Waals surface area (Å²) >= 11 is 0. The molecule has 2 rings (SSSR count). The number of carboxylic acid groups (broad SMARTS) is 1. The van der Waals surface area contributed by atoms with Crippen molar-refractivity contribution < 1.29 is 23.1 Å². The van der Waals surface area contributed by atoms with Gasteiger partial charge in [-0.05, 0) is 25.0 Å². The maximum atomic E-state index is 12.6. The van der Waals surface area contributed by atoms with Crippen LogP contribution in [0.15, 0.2) is 12.1 Å². The van der Waals surface area contributed by atoms with Gasteiger partial charge in [0.15, 0.2) is 0 Å². The first-order chi connectivity index (χ1) is 9.78. The van der Waals surface area contributed by atoms with Crippen LogP contribution in [0.1, 0.15) is 30.5 Å². The molecule has 112 valence electrons. The maximum absolute atomic E-state index is 12.6. The highest BCUT2D eigenvalue weighted by Crippen LogP contribution is 2.41. The number of alkyl halides is 3. The molecule has 0 aliphatic heterocycles. The summed E-state index contributed by atoms with van der Waals surface area (Å²) in [6, 6.07) is 3.48. The zero-order valence-electron chi connectivity index (χ0n) is 10.9. The van der Waals surface area contributed by atoms with E-state index in [4.69, 9.17) is 10.4 Å². The summed E-state index contributed by atoms with van der Waals surface area (Å²) in [6.45, 7) is -0.0503. The second kappa shape index (κ2) is 5.24. The molecule has 0 radical (unpaired) electrons. The molecule has 1 aliphatic carbocycles. The molecule has 0 spiro atoms. The molecule has 1 aromatic rings. The molecule has 0 aromatic carbocycles. The SMILES string of the molecule is N#Cc1ccc(C(F)(F)F)nc1NCC1(C(=O)O)CCC1. The van der Waals surface area contributed by atoms with Crippen LogP contribution in [0.3, 0.4) is 0 Å². The van der Waals surface area contributed by atoms with Gasteiger partial charge in [0.05, 0.1) is 11.0 Å². The van der Waals surface area contributed by atoms with E-state index in [1.807, 2.05) is 0 Å². The van der Waals surface area contributed by atoms with Gasteiger partial charge in [-0.1, -0.05) is 6.42 Å². The zero-order valence-corrected chi connectivity index (χ0v) is 10.9. The lowest BCUT2D eigenvalue weighted by molar-refractivity contribution is -0.153. The fourth-order valence-corrected chi connectivity index (χ4v) is 2.16. The molecule has 1 heterocycles. The number of nitrogens with one attached hydrogen (secondary N) is 1. The van der Waals surface area contributed by atoms with Crippen LogP contribution in [0.2, 0.25) is 0 Å². The van der Waals surface area contributed by atoms with Crippen molar-refractivity contribution in [1.29, 1.82) is 5.26 Å². The van der Waals surface area contributed by atoms with Crippen LogP contribution < -0.4 is 5.32 Å². The Morgan fingerprint density at radius 1 is 1.48 bits per heavy atom. The molecule has 0 unspecified atom stereocenters. The van der Waals surface area contributed by atoms with E-state index >= 15 is 0 Å². The Bertz CT molecular complexity index is 604. The highest BCUT2D eigenvalue weighted by molar-refractivity contribution is 5.76. The van der Waals surface area contributed by atoms with Gasteiger partial charge < -0.3 is 10.4 Å². The molecule has 5 nitrogen and oxygen atoms in total. The second-order valence-corrected chi connectivity index (χ2v) is 4.99. The fourth-order valence-electron chi connectivity index (χ4n) is 2.16. The predicted molar refractivity (Wildman–Crippen MR) is 66.4 cm³/mol. The molecule has 1 aromatic heterocycles. The van der Waals surface area contributed by atoms with Crippen molar-refractivity contribution in [2.75, 3.05) is 11.9 Å². The standard InChI is InChI=1S/C13H12F3N3O2/c14-13(15,16)9-3-2-8(6-17)10(19-9)18-7-12(11(20)21)4-1-5-12/h2-3H,1,4-5,7H2,(H,18,19)(H,20,21). The number of hydrogen-bond donors (Lipinski definition) is 2. The number of anilines is 1. The van der Waals surface area contributed by atoms with Gasteiger partial charge in [-0.15, -0.1) is 0 Å². The van der Waals surface area contributed by atoms with E-state index in [9.17, 15) is 18.0 Å². The van der Waals surface area contributed by atoms with Gasteiger partial charge in [-0.3, -0.25) is 4.79 Å². The minimum Gasteiger partial charge on any atom is -0.481 e. The van der Waals surface area contributed by atoms with E-state index in [1.165, 1.54) is 0 Å². The Morgan fingerprint density at radius 2 is 2.14 bits per heavy atom. The summed E-state index contributed by atoms with van der Waals surface area (Å²) in [5, 5.41) is 20.6. The van der Waals surface area contributed by atoms with Gasteiger partial charge in [0, 0.05) is 6.54 Å². The number of aromatic nitrogens is 1. The minimum atomic E-state index is -4.62. The van der Waals surface area contributed by atoms with Crippen LogP contribution in [-0.2, 0) is 11.0 Å². The number of rotatable bonds is 4. The van der Waals surface area contributed by atoms with Crippen LogP contribution in [-0.4, -0.2) is 22.6 Å². The van der Waals surface area contributed by atoms with Crippen molar-refractivity contribution in [2.24, 2.45) is 5.41 Å². The zero-order chi connectivity index (χ0) is 15.7. The topological polar surface area (TPSA) is 86.0 Å². The molecule has 0 saturated heterocycles. The number of nitriles is 1. The van der Waals surface area contributed by atoms with E-state index in [0.717, 1.165) is 18.6 Å². The Hall–Kier alpha value is -2.30. The van der Waals surface area contributed by atoms with Crippen molar-refractivity contribution >= 4 is 11.8 Å². The van der Waals surface area contributed by atoms with Gasteiger partial charge in [0.1, 0.15) is 17.6 Å². The first-order valence-electron chi connectivity index (χ1n) is 6.24. The lowest BCUT2D eigenvalue weighted by Gasteiger charge is -2.37. The molecule has 2 N–H and O–H groups in total. The van der Waals surface area contributed by atoms with Crippen LogP contribution in [0.4, 0.5) is 19.0 Å². The number of carboxylic acids is 1. The Morgan fingerprint density at radius 3 is 2.57 bits per heavy atom. The van der Waals surface area contributed by atoms with Gasteiger partial charge in [0.25, 0.3) is 0 Å². The Labute approximate surface area is 118 Å². The van der Waals surface area contributed by atoms with E-state index in [2.05, 4.69) is 10.3 Å². The van der Waals surface area contributed by atoms with Gasteiger partial charge >= 0.3 is 12.1 Å². The molecule has 0 bridgehead atoms. The molecular weight excluding hydrogens is 287 g/mol. The van der Waals surface area contributed by atoms with Crippen LogP contribution >= 0.6 is 0 Å². The van der Waals surface area contributed by atoms with Crippen molar-refractivity contribution in [1.82, 2.24) is 4.98 Å². The average Bonchev–Trinajstić information content (AvgIpc) is 2.35. The van der Waals surface area contributed by atoms with Crippen LogP contribution in [0.25, 0.3) is 0 Å². The number of pyridine rings is 1. The second-order valence-electron chi connectivity index (χ2n) is 4.99. The van der Waals surface area contributed by atoms with Crippen molar-refractivity contribution in [3.63, 3.8) is 0 Å². The number of halogens is 3. The van der Waals surface area contributed by atoms with E-state index < -0.39 is 23.3 Å². The number of carbonyl (C=O) groups is 1. The van der Waals surface area contributed by atoms with Crippen LogP contribution in [0, 0.1) is 16.7 Å².